The van der Waals surface area contributed by atoms with E-state index >= 15 is 0 Å². The van der Waals surface area contributed by atoms with Crippen LogP contribution in [0, 0.1) is 13.8 Å². The number of aryl methyl sites for hydroxylation is 2. The van der Waals surface area contributed by atoms with Crippen LogP contribution in [-0.2, 0) is 34.4 Å². The number of esters is 1. The Bertz CT molecular complexity index is 1220. The normalized spacial score (nSPS) is 16.9. The number of carbonyl (C=O) groups is 1. The Morgan fingerprint density at radius 2 is 2.00 bits per heavy atom. The summed E-state index contributed by atoms with van der Waals surface area (Å²) in [6, 6.07) is 0. The predicted octanol–water partition coefficient (Wildman–Crippen LogP) is 0.508. The highest BCUT2D eigenvalue weighted by molar-refractivity contribution is 5.77. The van der Waals surface area contributed by atoms with Crippen molar-refractivity contribution in [2.75, 3.05) is 13.2 Å². The Kier molecular flexibility index (Phi) is 4.81. The molecular weight excluding hydrogens is 378 g/mol. The molecule has 0 radical (unpaired) electrons. The van der Waals surface area contributed by atoms with Crippen LogP contribution in [-0.4, -0.2) is 48.4 Å². The summed E-state index contributed by atoms with van der Waals surface area (Å²) in [5.41, 5.74) is 1.25. The second-order valence-electron chi connectivity index (χ2n) is 7.37. The third-order valence-corrected chi connectivity index (χ3v) is 5.63. The van der Waals surface area contributed by atoms with E-state index in [4.69, 9.17) is 9.47 Å². The first-order valence-corrected chi connectivity index (χ1v) is 9.80. The van der Waals surface area contributed by atoms with Crippen molar-refractivity contribution in [1.82, 2.24) is 23.1 Å². The molecule has 10 nitrogen and oxygen atoms in total. The number of nitrogens with zero attached hydrogens (tertiary/aromatic N) is 5. The molecule has 0 unspecified atom stereocenters. The minimum absolute atomic E-state index is 0.105. The maximum Gasteiger partial charge on any atom is 0.333 e. The van der Waals surface area contributed by atoms with Gasteiger partial charge in [0.25, 0.3) is 5.56 Å². The molecular formula is C19H25N5O5. The molecule has 0 spiro atoms. The van der Waals surface area contributed by atoms with Crippen molar-refractivity contribution in [2.45, 2.75) is 52.8 Å². The van der Waals surface area contributed by atoms with Crippen molar-refractivity contribution in [2.24, 2.45) is 7.05 Å². The maximum atomic E-state index is 13.2. The van der Waals surface area contributed by atoms with Crippen molar-refractivity contribution >= 4 is 22.9 Å². The standard InChI is InChI=1S/C19H25N5O5/c1-5-28-14(25)10-23-17(26)15-16(21(4)19(23)27)20-18-22(9-13-7-6-8-29-13)11(2)12(3)24(15)18/h13H,5-10H2,1-4H3/t13-/m1/s1. The lowest BCUT2D eigenvalue weighted by Gasteiger charge is -2.12. The average Bonchev–Trinajstić information content (AvgIpc) is 3.38. The SMILES string of the molecule is CCOC(=O)Cn1c(=O)c2c(nc3n(C[C@H]4CCCO4)c(C)c(C)n23)n(C)c1=O. The highest BCUT2D eigenvalue weighted by Gasteiger charge is 2.25. The molecule has 0 amide bonds. The number of hydrogen-bond acceptors (Lipinski definition) is 6. The van der Waals surface area contributed by atoms with Crippen LogP contribution < -0.4 is 11.2 Å². The smallest absolute Gasteiger partial charge is 0.333 e. The summed E-state index contributed by atoms with van der Waals surface area (Å²) < 4.78 is 16.7. The molecule has 1 aliphatic heterocycles. The number of imidazole rings is 2. The van der Waals surface area contributed by atoms with E-state index in [1.54, 1.807) is 18.4 Å². The molecule has 1 aliphatic rings. The van der Waals surface area contributed by atoms with Crippen LogP contribution in [0.1, 0.15) is 31.2 Å². The summed E-state index contributed by atoms with van der Waals surface area (Å²) in [7, 11) is 1.55. The minimum Gasteiger partial charge on any atom is -0.465 e. The molecule has 3 aromatic heterocycles. The van der Waals surface area contributed by atoms with Gasteiger partial charge in [-0.05, 0) is 33.6 Å². The lowest BCUT2D eigenvalue weighted by atomic mass is 10.2. The fourth-order valence-electron chi connectivity index (χ4n) is 4.00. The van der Waals surface area contributed by atoms with Crippen LogP contribution >= 0.6 is 0 Å². The van der Waals surface area contributed by atoms with Crippen molar-refractivity contribution < 1.29 is 14.3 Å². The maximum absolute atomic E-state index is 13.2. The van der Waals surface area contributed by atoms with Gasteiger partial charge < -0.3 is 14.0 Å². The van der Waals surface area contributed by atoms with Gasteiger partial charge in [-0.15, -0.1) is 0 Å². The van der Waals surface area contributed by atoms with E-state index in [9.17, 15) is 14.4 Å². The molecule has 3 aromatic rings. The van der Waals surface area contributed by atoms with Gasteiger partial charge in [-0.1, -0.05) is 0 Å². The summed E-state index contributed by atoms with van der Waals surface area (Å²) in [4.78, 5) is 42.4. The van der Waals surface area contributed by atoms with E-state index in [1.807, 2.05) is 18.4 Å². The van der Waals surface area contributed by atoms with Crippen LogP contribution in [0.5, 0.6) is 0 Å². The van der Waals surface area contributed by atoms with E-state index < -0.39 is 23.8 Å². The molecule has 29 heavy (non-hydrogen) atoms. The molecule has 4 rings (SSSR count). The largest absolute Gasteiger partial charge is 0.465 e. The molecule has 0 bridgehead atoms. The Morgan fingerprint density at radius 3 is 2.66 bits per heavy atom. The summed E-state index contributed by atoms with van der Waals surface area (Å²) >= 11 is 0. The lowest BCUT2D eigenvalue weighted by Crippen LogP contribution is -2.41. The van der Waals surface area contributed by atoms with Crippen molar-refractivity contribution in [1.29, 1.82) is 0 Å². The number of rotatable bonds is 5. The van der Waals surface area contributed by atoms with Gasteiger partial charge in [0.1, 0.15) is 6.54 Å². The van der Waals surface area contributed by atoms with Gasteiger partial charge in [0.15, 0.2) is 11.2 Å². The van der Waals surface area contributed by atoms with E-state index in [-0.39, 0.29) is 18.2 Å². The first-order chi connectivity index (χ1) is 13.8. The number of aromatic nitrogens is 5. The summed E-state index contributed by atoms with van der Waals surface area (Å²) in [5.74, 6) is -0.0397. The van der Waals surface area contributed by atoms with Crippen molar-refractivity contribution in [3.8, 4) is 0 Å². The highest BCUT2D eigenvalue weighted by atomic mass is 16.5. The third-order valence-electron chi connectivity index (χ3n) is 5.63. The Hall–Kier alpha value is -2.88. The zero-order valence-corrected chi connectivity index (χ0v) is 17.1. The van der Waals surface area contributed by atoms with E-state index in [0.717, 1.165) is 35.4 Å². The number of hydrogen-bond donors (Lipinski definition) is 0. The molecule has 1 atom stereocenters. The van der Waals surface area contributed by atoms with Gasteiger partial charge in [0.05, 0.1) is 19.3 Å². The van der Waals surface area contributed by atoms with Crippen molar-refractivity contribution in [3.63, 3.8) is 0 Å². The Morgan fingerprint density at radius 1 is 1.24 bits per heavy atom. The third kappa shape index (κ3) is 2.98. The average molecular weight is 403 g/mol. The Balaban J connectivity index is 1.95. The van der Waals surface area contributed by atoms with Gasteiger partial charge in [-0.3, -0.25) is 18.6 Å². The molecule has 0 N–H and O–H groups in total. The fraction of sp³-hybridized carbons (Fsp3) is 0.579. The van der Waals surface area contributed by atoms with Gasteiger partial charge in [0, 0.05) is 25.0 Å². The van der Waals surface area contributed by atoms with Crippen LogP contribution in [0.4, 0.5) is 0 Å². The van der Waals surface area contributed by atoms with Gasteiger partial charge in [0.2, 0.25) is 5.78 Å². The number of fused-ring (bicyclic) bond motifs is 3. The quantitative estimate of drug-likeness (QED) is 0.575. The molecule has 156 valence electrons. The molecule has 0 aromatic carbocycles. The van der Waals surface area contributed by atoms with Crippen molar-refractivity contribution in [3.05, 3.63) is 32.2 Å². The summed E-state index contributed by atoms with van der Waals surface area (Å²) in [6.07, 6.45) is 2.12. The van der Waals surface area contributed by atoms with Gasteiger partial charge in [-0.25, -0.2) is 9.36 Å². The highest BCUT2D eigenvalue weighted by Crippen LogP contribution is 2.23. The van der Waals surface area contributed by atoms with Gasteiger partial charge in [-0.2, -0.15) is 4.98 Å². The molecule has 1 fully saturated rings. The number of ether oxygens (including phenoxy) is 2. The first-order valence-electron chi connectivity index (χ1n) is 9.80. The fourth-order valence-corrected chi connectivity index (χ4v) is 4.00. The van der Waals surface area contributed by atoms with Crippen LogP contribution in [0.3, 0.4) is 0 Å². The molecule has 1 saturated heterocycles. The second kappa shape index (κ2) is 7.18. The zero-order valence-electron chi connectivity index (χ0n) is 17.1. The number of carbonyl (C=O) groups excluding carboxylic acids is 1. The van der Waals surface area contributed by atoms with Crippen LogP contribution in [0.25, 0.3) is 16.9 Å². The lowest BCUT2D eigenvalue weighted by molar-refractivity contribution is -0.143. The zero-order chi connectivity index (χ0) is 20.9. The summed E-state index contributed by atoms with van der Waals surface area (Å²) in [5, 5.41) is 0. The molecule has 10 heteroatoms. The predicted molar refractivity (Wildman–Crippen MR) is 105 cm³/mol. The van der Waals surface area contributed by atoms with E-state index in [0.29, 0.717) is 18.0 Å². The van der Waals surface area contributed by atoms with Crippen LogP contribution in [0.15, 0.2) is 9.59 Å². The minimum atomic E-state index is -0.629. The topological polar surface area (TPSA) is 102 Å². The van der Waals surface area contributed by atoms with E-state index in [1.165, 1.54) is 4.57 Å². The first kappa shape index (κ1) is 19.4. The second-order valence-corrected chi connectivity index (χ2v) is 7.37. The van der Waals surface area contributed by atoms with Crippen LogP contribution in [0.2, 0.25) is 0 Å². The summed E-state index contributed by atoms with van der Waals surface area (Å²) in [6.45, 7) is 6.70. The Labute approximate surface area is 166 Å². The molecule has 4 heterocycles. The van der Waals surface area contributed by atoms with E-state index in [2.05, 4.69) is 4.98 Å². The molecule has 0 aliphatic carbocycles. The molecule has 0 saturated carbocycles. The van der Waals surface area contributed by atoms with Gasteiger partial charge >= 0.3 is 11.7 Å². The monoisotopic (exact) mass is 403 g/mol.